The summed E-state index contributed by atoms with van der Waals surface area (Å²) in [5, 5.41) is 14.2. The van der Waals surface area contributed by atoms with Gasteiger partial charge in [-0.15, -0.1) is 5.10 Å². The van der Waals surface area contributed by atoms with Gasteiger partial charge in [0.1, 0.15) is 11.5 Å². The number of rotatable bonds is 5. The molecule has 0 bridgehead atoms. The third-order valence-corrected chi connectivity index (χ3v) is 3.06. The van der Waals surface area contributed by atoms with Crippen LogP contribution in [0.3, 0.4) is 0 Å². The molecule has 5 nitrogen and oxygen atoms in total. The van der Waals surface area contributed by atoms with Crippen molar-refractivity contribution < 1.29 is 8.78 Å². The molecule has 108 valence electrons. The van der Waals surface area contributed by atoms with Crippen LogP contribution in [0, 0.1) is 11.6 Å². The van der Waals surface area contributed by atoms with Gasteiger partial charge in [0.25, 0.3) is 0 Å². The van der Waals surface area contributed by atoms with E-state index in [-0.39, 0.29) is 16.8 Å². The SMILES string of the molecule is CCCNC(C)c1nnnn1-c1c(F)cc(F)cc1Cl. The summed E-state index contributed by atoms with van der Waals surface area (Å²) in [7, 11) is 0. The largest absolute Gasteiger partial charge is 0.307 e. The van der Waals surface area contributed by atoms with E-state index in [1.54, 1.807) is 0 Å². The van der Waals surface area contributed by atoms with Gasteiger partial charge in [-0.3, -0.25) is 0 Å². The third kappa shape index (κ3) is 2.94. The van der Waals surface area contributed by atoms with Crippen molar-refractivity contribution in [3.05, 3.63) is 34.6 Å². The second kappa shape index (κ2) is 6.23. The maximum absolute atomic E-state index is 13.9. The van der Waals surface area contributed by atoms with Gasteiger partial charge in [0.2, 0.25) is 0 Å². The highest BCUT2D eigenvalue weighted by Crippen LogP contribution is 2.26. The van der Waals surface area contributed by atoms with Crippen LogP contribution in [0.4, 0.5) is 8.78 Å². The van der Waals surface area contributed by atoms with E-state index in [1.807, 2.05) is 13.8 Å². The van der Waals surface area contributed by atoms with E-state index in [1.165, 1.54) is 4.68 Å². The van der Waals surface area contributed by atoms with Gasteiger partial charge in [0, 0.05) is 6.07 Å². The summed E-state index contributed by atoms with van der Waals surface area (Å²) in [6.45, 7) is 4.65. The van der Waals surface area contributed by atoms with Crippen molar-refractivity contribution in [2.24, 2.45) is 0 Å². The second-order valence-corrected chi connectivity index (χ2v) is 4.75. The minimum Gasteiger partial charge on any atom is -0.307 e. The fraction of sp³-hybridized carbons (Fsp3) is 0.417. The van der Waals surface area contributed by atoms with Crippen molar-refractivity contribution in [1.29, 1.82) is 0 Å². The summed E-state index contributed by atoms with van der Waals surface area (Å²) in [5.74, 6) is -1.15. The smallest absolute Gasteiger partial charge is 0.173 e. The lowest BCUT2D eigenvalue weighted by Gasteiger charge is -2.14. The summed E-state index contributed by atoms with van der Waals surface area (Å²) >= 11 is 5.89. The molecule has 0 aliphatic carbocycles. The molecule has 1 aromatic carbocycles. The number of hydrogen-bond donors (Lipinski definition) is 1. The molecule has 0 aliphatic rings. The van der Waals surface area contributed by atoms with Crippen molar-refractivity contribution in [2.45, 2.75) is 26.3 Å². The normalized spacial score (nSPS) is 12.7. The number of benzene rings is 1. The Balaban J connectivity index is 2.42. The van der Waals surface area contributed by atoms with E-state index in [2.05, 4.69) is 20.8 Å². The predicted octanol–water partition coefficient (Wildman–Crippen LogP) is 2.65. The topological polar surface area (TPSA) is 55.6 Å². The molecule has 1 unspecified atom stereocenters. The van der Waals surface area contributed by atoms with E-state index in [0.29, 0.717) is 5.82 Å². The molecule has 0 amide bonds. The molecule has 0 spiro atoms. The highest BCUT2D eigenvalue weighted by Gasteiger charge is 2.20. The van der Waals surface area contributed by atoms with Crippen LogP contribution in [0.2, 0.25) is 5.02 Å². The molecule has 8 heteroatoms. The zero-order valence-electron chi connectivity index (χ0n) is 11.1. The Kier molecular flexibility index (Phi) is 4.61. The Labute approximate surface area is 119 Å². The Hall–Kier alpha value is -1.60. The Morgan fingerprint density at radius 3 is 2.80 bits per heavy atom. The van der Waals surface area contributed by atoms with Crippen molar-refractivity contribution in [2.75, 3.05) is 6.54 Å². The first-order valence-corrected chi connectivity index (χ1v) is 6.59. The number of nitrogens with one attached hydrogen (secondary N) is 1. The van der Waals surface area contributed by atoms with E-state index in [0.717, 1.165) is 25.1 Å². The van der Waals surface area contributed by atoms with Crippen LogP contribution >= 0.6 is 11.6 Å². The predicted molar refractivity (Wildman–Crippen MR) is 70.8 cm³/mol. The molecular weight excluding hydrogens is 288 g/mol. The van der Waals surface area contributed by atoms with E-state index in [4.69, 9.17) is 11.6 Å². The van der Waals surface area contributed by atoms with Gasteiger partial charge in [-0.1, -0.05) is 18.5 Å². The minimum atomic E-state index is -0.814. The fourth-order valence-electron chi connectivity index (χ4n) is 1.81. The Bertz CT molecular complexity index is 578. The van der Waals surface area contributed by atoms with Gasteiger partial charge < -0.3 is 5.32 Å². The van der Waals surface area contributed by atoms with Crippen molar-refractivity contribution in [1.82, 2.24) is 25.5 Å². The highest BCUT2D eigenvalue weighted by atomic mass is 35.5. The Morgan fingerprint density at radius 1 is 1.40 bits per heavy atom. The summed E-state index contributed by atoms with van der Waals surface area (Å²) in [4.78, 5) is 0. The van der Waals surface area contributed by atoms with Crippen LogP contribution in [0.15, 0.2) is 12.1 Å². The number of halogens is 3. The quantitative estimate of drug-likeness (QED) is 0.922. The highest BCUT2D eigenvalue weighted by molar-refractivity contribution is 6.32. The lowest BCUT2D eigenvalue weighted by atomic mass is 10.2. The van der Waals surface area contributed by atoms with Crippen LogP contribution in [-0.2, 0) is 0 Å². The molecule has 1 aromatic heterocycles. The summed E-state index contributed by atoms with van der Waals surface area (Å²) in [6, 6.07) is 1.58. The Morgan fingerprint density at radius 2 is 2.15 bits per heavy atom. The average molecular weight is 302 g/mol. The van der Waals surface area contributed by atoms with Crippen LogP contribution < -0.4 is 5.32 Å². The van der Waals surface area contributed by atoms with Gasteiger partial charge >= 0.3 is 0 Å². The van der Waals surface area contributed by atoms with Gasteiger partial charge in [-0.2, -0.15) is 4.68 Å². The number of nitrogens with zero attached hydrogens (tertiary/aromatic N) is 4. The lowest BCUT2D eigenvalue weighted by Crippen LogP contribution is -2.23. The summed E-state index contributed by atoms with van der Waals surface area (Å²) in [6.07, 6.45) is 0.942. The molecule has 0 saturated heterocycles. The number of aromatic nitrogens is 4. The molecule has 0 saturated carbocycles. The van der Waals surface area contributed by atoms with Gasteiger partial charge in [-0.25, -0.2) is 8.78 Å². The van der Waals surface area contributed by atoms with E-state index >= 15 is 0 Å². The fourth-order valence-corrected chi connectivity index (χ4v) is 2.09. The van der Waals surface area contributed by atoms with Gasteiger partial charge in [-0.05, 0) is 36.4 Å². The zero-order valence-corrected chi connectivity index (χ0v) is 11.8. The molecule has 0 aliphatic heterocycles. The molecule has 1 heterocycles. The monoisotopic (exact) mass is 301 g/mol. The van der Waals surface area contributed by atoms with Crippen LogP contribution in [0.1, 0.15) is 32.1 Å². The molecule has 0 radical (unpaired) electrons. The van der Waals surface area contributed by atoms with Crippen LogP contribution in [0.25, 0.3) is 5.69 Å². The first-order valence-electron chi connectivity index (χ1n) is 6.21. The number of tetrazole rings is 1. The van der Waals surface area contributed by atoms with Gasteiger partial charge in [0.15, 0.2) is 11.6 Å². The summed E-state index contributed by atoms with van der Waals surface area (Å²) in [5.41, 5.74) is -0.0572. The maximum Gasteiger partial charge on any atom is 0.173 e. The first-order chi connectivity index (χ1) is 9.54. The summed E-state index contributed by atoms with van der Waals surface area (Å²) < 4.78 is 28.2. The number of hydrogen-bond acceptors (Lipinski definition) is 4. The van der Waals surface area contributed by atoms with Crippen molar-refractivity contribution in [3.63, 3.8) is 0 Å². The molecule has 2 rings (SSSR count). The zero-order chi connectivity index (χ0) is 14.7. The molecule has 1 N–H and O–H groups in total. The molecule has 0 fully saturated rings. The van der Waals surface area contributed by atoms with Crippen molar-refractivity contribution in [3.8, 4) is 5.69 Å². The standard InChI is InChI=1S/C12H14ClF2N5/c1-3-4-16-7(2)12-17-18-19-20(12)11-9(13)5-8(14)6-10(11)15/h5-7,16H,3-4H2,1-2H3. The second-order valence-electron chi connectivity index (χ2n) is 4.34. The van der Waals surface area contributed by atoms with Gasteiger partial charge in [0.05, 0.1) is 11.1 Å². The molecule has 20 heavy (non-hydrogen) atoms. The first kappa shape index (κ1) is 14.8. The lowest BCUT2D eigenvalue weighted by molar-refractivity contribution is 0.522. The average Bonchev–Trinajstić information content (AvgIpc) is 2.83. The van der Waals surface area contributed by atoms with Crippen LogP contribution in [0.5, 0.6) is 0 Å². The third-order valence-electron chi connectivity index (χ3n) is 2.77. The van der Waals surface area contributed by atoms with Crippen molar-refractivity contribution >= 4 is 11.6 Å². The molecular formula is C12H14ClF2N5. The van der Waals surface area contributed by atoms with Crippen LogP contribution in [-0.4, -0.2) is 26.8 Å². The minimum absolute atomic E-state index is 0.0572. The van der Waals surface area contributed by atoms with E-state index < -0.39 is 11.6 Å². The maximum atomic E-state index is 13.9. The van der Waals surface area contributed by atoms with E-state index in [9.17, 15) is 8.78 Å². The molecule has 1 atom stereocenters. The molecule has 2 aromatic rings.